The molecule has 3 heterocycles. The van der Waals surface area contributed by atoms with Gasteiger partial charge in [0.25, 0.3) is 11.8 Å². The van der Waals surface area contributed by atoms with Crippen molar-refractivity contribution in [2.45, 2.75) is 19.8 Å². The van der Waals surface area contributed by atoms with Crippen LogP contribution in [0.3, 0.4) is 0 Å². The minimum Gasteiger partial charge on any atom is -0.335 e. The predicted octanol–water partition coefficient (Wildman–Crippen LogP) is 4.59. The molecule has 0 radical (unpaired) electrons. The van der Waals surface area contributed by atoms with E-state index in [2.05, 4.69) is 18.8 Å². The number of carbonyl (C=O) groups excluding carboxylic acids is 2. The molecule has 0 saturated carbocycles. The maximum atomic E-state index is 12.8. The zero-order chi connectivity index (χ0) is 20.4. The number of thiazole rings is 1. The van der Waals surface area contributed by atoms with Gasteiger partial charge in [-0.25, -0.2) is 4.98 Å². The smallest absolute Gasteiger partial charge is 0.265 e. The van der Waals surface area contributed by atoms with Crippen molar-refractivity contribution >= 4 is 34.5 Å². The number of hydrogen-bond donors (Lipinski definition) is 0. The fourth-order valence-electron chi connectivity index (χ4n) is 3.35. The Morgan fingerprint density at radius 3 is 2.21 bits per heavy atom. The zero-order valence-electron chi connectivity index (χ0n) is 16.5. The molecule has 3 aromatic rings. The molecule has 0 atom stereocenters. The fourth-order valence-corrected chi connectivity index (χ4v) is 5.04. The molecule has 2 amide bonds. The second-order valence-corrected chi connectivity index (χ2v) is 9.35. The van der Waals surface area contributed by atoms with Crippen molar-refractivity contribution < 1.29 is 9.59 Å². The molecule has 1 fully saturated rings. The zero-order valence-corrected chi connectivity index (χ0v) is 18.1. The van der Waals surface area contributed by atoms with E-state index < -0.39 is 0 Å². The topological polar surface area (TPSA) is 53.5 Å². The summed E-state index contributed by atoms with van der Waals surface area (Å²) in [7, 11) is 0. The fraction of sp³-hybridized carbons (Fsp3) is 0.318. The predicted molar refractivity (Wildman–Crippen MR) is 118 cm³/mol. The van der Waals surface area contributed by atoms with Crippen molar-refractivity contribution in [1.29, 1.82) is 0 Å². The quantitative estimate of drug-likeness (QED) is 0.614. The van der Waals surface area contributed by atoms with Crippen molar-refractivity contribution in [3.63, 3.8) is 0 Å². The third-order valence-electron chi connectivity index (χ3n) is 5.13. The van der Waals surface area contributed by atoms with Gasteiger partial charge in [0.05, 0.1) is 11.1 Å². The lowest BCUT2D eigenvalue weighted by molar-refractivity contribution is 0.0538. The minimum absolute atomic E-state index is 0.00121. The van der Waals surface area contributed by atoms with Crippen LogP contribution in [0, 0.1) is 0 Å². The van der Waals surface area contributed by atoms with Crippen LogP contribution in [0.1, 0.15) is 45.4 Å². The summed E-state index contributed by atoms with van der Waals surface area (Å²) >= 11 is 3.05. The van der Waals surface area contributed by atoms with E-state index >= 15 is 0 Å². The molecule has 7 heteroatoms. The summed E-state index contributed by atoms with van der Waals surface area (Å²) in [5.41, 5.74) is 1.93. The maximum Gasteiger partial charge on any atom is 0.265 e. The van der Waals surface area contributed by atoms with E-state index in [1.807, 2.05) is 51.6 Å². The number of carbonyl (C=O) groups is 2. The normalized spacial score (nSPS) is 14.4. The van der Waals surface area contributed by atoms with E-state index in [4.69, 9.17) is 0 Å². The first-order valence-electron chi connectivity index (χ1n) is 9.71. The summed E-state index contributed by atoms with van der Waals surface area (Å²) in [4.78, 5) is 35.4. The molecule has 5 nitrogen and oxygen atoms in total. The van der Waals surface area contributed by atoms with E-state index in [0.717, 1.165) is 9.88 Å². The van der Waals surface area contributed by atoms with E-state index in [0.29, 0.717) is 42.5 Å². The van der Waals surface area contributed by atoms with Crippen LogP contribution in [0.25, 0.3) is 9.88 Å². The number of piperazine rings is 1. The van der Waals surface area contributed by atoms with E-state index in [-0.39, 0.29) is 11.8 Å². The van der Waals surface area contributed by atoms with Crippen molar-refractivity contribution in [3.8, 4) is 9.88 Å². The Morgan fingerprint density at radius 1 is 0.966 bits per heavy atom. The van der Waals surface area contributed by atoms with E-state index in [1.165, 1.54) is 16.9 Å². The van der Waals surface area contributed by atoms with Crippen LogP contribution in [-0.2, 0) is 0 Å². The third kappa shape index (κ3) is 4.26. The lowest BCUT2D eigenvalue weighted by Gasteiger charge is -2.34. The second kappa shape index (κ2) is 8.47. The summed E-state index contributed by atoms with van der Waals surface area (Å²) in [6.07, 6.45) is 1.66. The largest absolute Gasteiger partial charge is 0.335 e. The van der Waals surface area contributed by atoms with Crippen molar-refractivity contribution in [2.75, 3.05) is 26.2 Å². The molecule has 0 spiro atoms. The summed E-state index contributed by atoms with van der Waals surface area (Å²) in [6, 6.07) is 11.8. The Morgan fingerprint density at radius 2 is 1.62 bits per heavy atom. The molecule has 1 aromatic carbocycles. The lowest BCUT2D eigenvalue weighted by Crippen LogP contribution is -2.50. The van der Waals surface area contributed by atoms with Gasteiger partial charge in [0.2, 0.25) is 0 Å². The molecule has 0 N–H and O–H groups in total. The molecular weight excluding hydrogens is 402 g/mol. The number of benzene rings is 1. The molecule has 1 saturated heterocycles. The van der Waals surface area contributed by atoms with Gasteiger partial charge in [-0.3, -0.25) is 9.59 Å². The third-order valence-corrected chi connectivity index (χ3v) is 7.15. The van der Waals surface area contributed by atoms with Gasteiger partial charge in [0.1, 0.15) is 9.88 Å². The average Bonchev–Trinajstić information content (AvgIpc) is 3.45. The molecule has 29 heavy (non-hydrogen) atoms. The molecule has 1 aliphatic rings. The van der Waals surface area contributed by atoms with Crippen LogP contribution in [0.2, 0.25) is 0 Å². The summed E-state index contributed by atoms with van der Waals surface area (Å²) in [5.74, 6) is 0.477. The highest BCUT2D eigenvalue weighted by Gasteiger charge is 2.26. The highest BCUT2D eigenvalue weighted by Crippen LogP contribution is 2.29. The first-order valence-corrected chi connectivity index (χ1v) is 11.4. The van der Waals surface area contributed by atoms with Crippen molar-refractivity contribution in [1.82, 2.24) is 14.8 Å². The van der Waals surface area contributed by atoms with Crippen LogP contribution in [-0.4, -0.2) is 52.8 Å². The van der Waals surface area contributed by atoms with Gasteiger partial charge in [-0.2, -0.15) is 0 Å². The SMILES string of the molecule is CC(C)c1ccc(C(=O)N2CCN(C(=O)c3cnc(-c4cccs4)s3)CC2)cc1. The van der Waals surface area contributed by atoms with Crippen LogP contribution < -0.4 is 0 Å². The number of amides is 2. The molecule has 0 bridgehead atoms. The number of nitrogens with zero attached hydrogens (tertiary/aromatic N) is 3. The van der Waals surface area contributed by atoms with Gasteiger partial charge in [0.15, 0.2) is 0 Å². The van der Waals surface area contributed by atoms with Crippen LogP contribution in [0.15, 0.2) is 48.0 Å². The van der Waals surface area contributed by atoms with Gasteiger partial charge < -0.3 is 9.80 Å². The molecular formula is C22H23N3O2S2. The van der Waals surface area contributed by atoms with Crippen molar-refractivity contribution in [2.24, 2.45) is 0 Å². The first-order chi connectivity index (χ1) is 14.0. The maximum absolute atomic E-state index is 12.8. The summed E-state index contributed by atoms with van der Waals surface area (Å²) in [6.45, 7) is 6.46. The number of rotatable bonds is 4. The summed E-state index contributed by atoms with van der Waals surface area (Å²) in [5, 5.41) is 2.88. The van der Waals surface area contributed by atoms with Crippen LogP contribution in [0.5, 0.6) is 0 Å². The van der Waals surface area contributed by atoms with Gasteiger partial charge in [-0.05, 0) is 35.1 Å². The van der Waals surface area contributed by atoms with Crippen molar-refractivity contribution in [3.05, 3.63) is 64.0 Å². The van der Waals surface area contributed by atoms with Gasteiger partial charge in [0, 0.05) is 31.7 Å². The number of hydrogen-bond acceptors (Lipinski definition) is 5. The Hall–Kier alpha value is -2.51. The molecule has 150 valence electrons. The lowest BCUT2D eigenvalue weighted by atomic mass is 10.0. The monoisotopic (exact) mass is 425 g/mol. The van der Waals surface area contributed by atoms with E-state index in [9.17, 15) is 9.59 Å². The minimum atomic E-state index is -0.00121. The molecule has 0 unspecified atom stereocenters. The van der Waals surface area contributed by atoms with Gasteiger partial charge in [-0.1, -0.05) is 32.0 Å². The Kier molecular flexibility index (Phi) is 5.78. The molecule has 2 aromatic heterocycles. The number of aromatic nitrogens is 1. The van der Waals surface area contributed by atoms with Gasteiger partial charge >= 0.3 is 0 Å². The Labute approximate surface area is 178 Å². The second-order valence-electron chi connectivity index (χ2n) is 7.37. The highest BCUT2D eigenvalue weighted by molar-refractivity contribution is 7.21. The first kappa shape index (κ1) is 19.8. The summed E-state index contributed by atoms with van der Waals surface area (Å²) < 4.78 is 0. The molecule has 0 aliphatic carbocycles. The Bertz CT molecular complexity index is 986. The average molecular weight is 426 g/mol. The number of thiophene rings is 1. The standard InChI is InChI=1S/C22H23N3O2S2/c1-15(2)16-5-7-17(8-6-16)21(26)24-9-11-25(12-10-24)22(27)19-14-23-20(29-19)18-4-3-13-28-18/h3-8,13-15H,9-12H2,1-2H3. The van der Waals surface area contributed by atoms with Crippen LogP contribution >= 0.6 is 22.7 Å². The van der Waals surface area contributed by atoms with Gasteiger partial charge in [-0.15, -0.1) is 22.7 Å². The van der Waals surface area contributed by atoms with E-state index in [1.54, 1.807) is 17.5 Å². The highest BCUT2D eigenvalue weighted by atomic mass is 32.1. The Balaban J connectivity index is 1.36. The molecule has 1 aliphatic heterocycles. The molecule has 4 rings (SSSR count). The van der Waals surface area contributed by atoms with Crippen LogP contribution in [0.4, 0.5) is 0 Å².